The summed E-state index contributed by atoms with van der Waals surface area (Å²) in [6.07, 6.45) is 0.228. The molecule has 0 aromatic carbocycles. The third-order valence-corrected chi connectivity index (χ3v) is 20.4. The molecule has 0 bridgehead atoms. The molecular weight excluding hydrogens is 1330 g/mol. The molecule has 28 nitrogen and oxygen atoms in total. The lowest BCUT2D eigenvalue weighted by Crippen LogP contribution is -2.68. The minimum Gasteiger partial charge on any atom is -0.394 e. The first-order valence-corrected chi connectivity index (χ1v) is 39.0. The van der Waals surface area contributed by atoms with Crippen molar-refractivity contribution in [3.63, 3.8) is 0 Å². The highest BCUT2D eigenvalue weighted by Crippen LogP contribution is 2.37. The number of rotatable bonds is 53. The SMILES string of the molecule is CCCCCCCC/C=C\CCCCCCCCCCCCCCCC(=O)N[C@@H](CO[C@@H]1OC(CO)[C@@H](O[C@@H]2OC(CO)[C@H](O[C@@H]3OC(CO)[C@H](O)[C@H](O[C@H]4OC(CO)[C@H](O)[C@H](O)C4O[C@H]4OC(C)[C@@H](O)C(O)[C@@H]4O)C3O)[C@H](O)C2O)[C@H](O)C1O)[C@H](O)/C=C/CCCCCCCCCCCCC. The van der Waals surface area contributed by atoms with Crippen LogP contribution < -0.4 is 5.32 Å². The lowest BCUT2D eigenvalue weighted by atomic mass is 9.95. The molecule has 0 aromatic heterocycles. The first kappa shape index (κ1) is 90.5. The van der Waals surface area contributed by atoms with Crippen LogP contribution in [0.3, 0.4) is 0 Å². The predicted octanol–water partition coefficient (Wildman–Crippen LogP) is 3.39. The lowest BCUT2D eigenvalue weighted by molar-refractivity contribution is -0.398. The number of ether oxygens (including phenoxy) is 10. The maximum Gasteiger partial charge on any atom is 0.220 e. The molecule has 102 heavy (non-hydrogen) atoms. The van der Waals surface area contributed by atoms with Gasteiger partial charge in [-0.05, 0) is 51.9 Å². The van der Waals surface area contributed by atoms with Gasteiger partial charge >= 0.3 is 0 Å². The van der Waals surface area contributed by atoms with Gasteiger partial charge in [0, 0.05) is 6.42 Å². The molecule has 0 aromatic rings. The number of hydrogen-bond acceptors (Lipinski definition) is 27. The molecule has 0 spiro atoms. The van der Waals surface area contributed by atoms with Gasteiger partial charge in [-0.1, -0.05) is 205 Å². The van der Waals surface area contributed by atoms with E-state index >= 15 is 0 Å². The molecule has 28 heteroatoms. The average Bonchev–Trinajstić information content (AvgIpc) is 0.783. The van der Waals surface area contributed by atoms with E-state index in [0.29, 0.717) is 12.8 Å². The summed E-state index contributed by atoms with van der Waals surface area (Å²) in [6, 6.07) is -1.03. The Morgan fingerprint density at radius 2 is 0.716 bits per heavy atom. The number of hydrogen-bond donors (Lipinski definition) is 17. The number of aliphatic hydroxyl groups is 16. The van der Waals surface area contributed by atoms with Crippen LogP contribution in [0.4, 0.5) is 0 Å². The molecule has 0 radical (unpaired) electrons. The van der Waals surface area contributed by atoms with Gasteiger partial charge in [0.25, 0.3) is 0 Å². The van der Waals surface area contributed by atoms with E-state index in [9.17, 15) is 86.5 Å². The summed E-state index contributed by atoms with van der Waals surface area (Å²) in [6.45, 7) is 1.63. The molecule has 5 aliphatic rings. The lowest BCUT2D eigenvalue weighted by Gasteiger charge is -2.50. The summed E-state index contributed by atoms with van der Waals surface area (Å²) in [5, 5.41) is 179. The predicted molar refractivity (Wildman–Crippen MR) is 373 cm³/mol. The number of amides is 1. The second-order valence-corrected chi connectivity index (χ2v) is 28.8. The molecule has 17 N–H and O–H groups in total. The zero-order chi connectivity index (χ0) is 74.3. The summed E-state index contributed by atoms with van der Waals surface area (Å²) in [4.78, 5) is 13.5. The van der Waals surface area contributed by atoms with Gasteiger partial charge in [0.05, 0.1) is 51.3 Å². The summed E-state index contributed by atoms with van der Waals surface area (Å²) in [5.41, 5.74) is 0. The molecular formula is C74H135NO27. The van der Waals surface area contributed by atoms with Gasteiger partial charge in [-0.3, -0.25) is 4.79 Å². The highest BCUT2D eigenvalue weighted by molar-refractivity contribution is 5.76. The minimum atomic E-state index is -2.17. The van der Waals surface area contributed by atoms with E-state index in [-0.39, 0.29) is 12.3 Å². The molecule has 1 amide bonds. The summed E-state index contributed by atoms with van der Waals surface area (Å²) < 4.78 is 58.1. The Morgan fingerprint density at radius 3 is 1.20 bits per heavy atom. The van der Waals surface area contributed by atoms with Gasteiger partial charge in [-0.25, -0.2) is 0 Å². The van der Waals surface area contributed by atoms with E-state index in [1.54, 1.807) is 6.08 Å². The Morgan fingerprint density at radius 1 is 0.363 bits per heavy atom. The van der Waals surface area contributed by atoms with Crippen molar-refractivity contribution in [1.29, 1.82) is 0 Å². The smallest absolute Gasteiger partial charge is 0.220 e. The van der Waals surface area contributed by atoms with Gasteiger partial charge < -0.3 is 134 Å². The van der Waals surface area contributed by atoms with Crippen LogP contribution in [0.5, 0.6) is 0 Å². The number of carbonyl (C=O) groups is 1. The van der Waals surface area contributed by atoms with Crippen LogP contribution in [-0.2, 0) is 52.2 Å². The van der Waals surface area contributed by atoms with Gasteiger partial charge in [0.15, 0.2) is 31.5 Å². The maximum atomic E-state index is 13.5. The number of unbranched alkanes of at least 4 members (excludes halogenated alkanes) is 30. The average molecular weight is 1470 g/mol. The quantitative estimate of drug-likeness (QED) is 0.0306. The molecule has 0 saturated carbocycles. The first-order chi connectivity index (χ1) is 49.3. The highest BCUT2D eigenvalue weighted by atomic mass is 16.8. The third kappa shape index (κ3) is 30.1. The normalized spacial score (nSPS) is 35.3. The van der Waals surface area contributed by atoms with E-state index in [1.165, 1.54) is 161 Å². The zero-order valence-corrected chi connectivity index (χ0v) is 61.1. The van der Waals surface area contributed by atoms with Crippen molar-refractivity contribution < 1.29 is 134 Å². The number of carbonyl (C=O) groups excluding carboxylic acids is 1. The Labute approximate surface area is 605 Å². The molecule has 0 aliphatic carbocycles. The minimum absolute atomic E-state index is 0.202. The van der Waals surface area contributed by atoms with Gasteiger partial charge in [0.1, 0.15) is 116 Å². The van der Waals surface area contributed by atoms with Crippen LogP contribution in [0.2, 0.25) is 0 Å². The fourth-order valence-electron chi connectivity index (χ4n) is 13.8. The molecule has 5 heterocycles. The number of allylic oxidation sites excluding steroid dienone is 3. The number of aliphatic hydroxyl groups excluding tert-OH is 16. The number of nitrogens with one attached hydrogen (secondary N) is 1. The third-order valence-electron chi connectivity index (χ3n) is 20.4. The van der Waals surface area contributed by atoms with Gasteiger partial charge in [-0.15, -0.1) is 0 Å². The van der Waals surface area contributed by atoms with Crippen molar-refractivity contribution in [2.75, 3.05) is 33.0 Å². The van der Waals surface area contributed by atoms with E-state index in [1.807, 2.05) is 6.08 Å². The van der Waals surface area contributed by atoms with Crippen molar-refractivity contribution in [3.8, 4) is 0 Å². The fourth-order valence-corrected chi connectivity index (χ4v) is 13.8. The van der Waals surface area contributed by atoms with Crippen LogP contribution >= 0.6 is 0 Å². The van der Waals surface area contributed by atoms with Gasteiger partial charge in [-0.2, -0.15) is 0 Å². The molecule has 5 rings (SSSR count). The highest BCUT2D eigenvalue weighted by Gasteiger charge is 2.57. The van der Waals surface area contributed by atoms with Crippen LogP contribution in [0.25, 0.3) is 0 Å². The van der Waals surface area contributed by atoms with Crippen LogP contribution in [0.15, 0.2) is 24.3 Å². The molecule has 5 saturated heterocycles. The second kappa shape index (κ2) is 51.3. The van der Waals surface area contributed by atoms with Crippen molar-refractivity contribution in [3.05, 3.63) is 24.3 Å². The second-order valence-electron chi connectivity index (χ2n) is 28.8. The van der Waals surface area contributed by atoms with Crippen LogP contribution in [0.1, 0.15) is 239 Å². The van der Waals surface area contributed by atoms with Crippen molar-refractivity contribution >= 4 is 5.91 Å². The largest absolute Gasteiger partial charge is 0.394 e. The molecule has 10 unspecified atom stereocenters. The summed E-state index contributed by atoms with van der Waals surface area (Å²) >= 11 is 0. The van der Waals surface area contributed by atoms with Crippen molar-refractivity contribution in [1.82, 2.24) is 5.32 Å². The van der Waals surface area contributed by atoms with E-state index in [0.717, 1.165) is 44.9 Å². The topological polar surface area (TPSA) is 445 Å². The molecule has 5 fully saturated rings. The van der Waals surface area contributed by atoms with Crippen molar-refractivity contribution in [2.45, 2.75) is 405 Å². The molecule has 598 valence electrons. The Balaban J connectivity index is 1.12. The first-order valence-electron chi connectivity index (χ1n) is 39.0. The maximum absolute atomic E-state index is 13.5. The fraction of sp³-hybridized carbons (Fsp3) is 0.932. The summed E-state index contributed by atoms with van der Waals surface area (Å²) in [5.74, 6) is -0.315. The Kier molecular flexibility index (Phi) is 45.6. The van der Waals surface area contributed by atoms with Gasteiger partial charge in [0.2, 0.25) is 5.91 Å². The van der Waals surface area contributed by atoms with Crippen molar-refractivity contribution in [2.24, 2.45) is 0 Å². The monoisotopic (exact) mass is 1470 g/mol. The molecule has 27 atom stereocenters. The van der Waals surface area contributed by atoms with Crippen LogP contribution in [0, 0.1) is 0 Å². The van der Waals surface area contributed by atoms with Crippen LogP contribution in [-0.4, -0.2) is 286 Å². The van der Waals surface area contributed by atoms with E-state index < -0.39 is 199 Å². The van der Waals surface area contributed by atoms with E-state index in [4.69, 9.17) is 47.4 Å². The standard InChI is InChI=1S/C74H135NO27/c1-4-6-8-10-12-14-16-18-19-20-21-22-23-24-25-26-27-29-31-33-35-37-39-41-54(81)75-48(49(80)40-38-36-34-32-30-28-17-15-13-11-9-7-5-2)46-93-70-63(90)60(87)66(52(44-78)97-70)99-72-64(91)61(88)67(53(45-79)98-72)100-73-65(92)68(57(84)51(43-77)95-73)101-74-69(59(86)56(83)50(42-76)96-74)102-71-62(89)58(85)55(82)47(3)94-71/h18-19,38,40,47-53,55-74,76-80,82-92H,4-17,20-37,39,41-46H2,1-3H3,(H,75,81)/b19-18-,40-38+/t47?,48-,49+,50?,51?,52?,53?,55+,56-,57-,58?,59-,60+,61+,62-,63?,64?,65?,66+,67-,68-,69?,70+,71+,72-,73-,74+/m0/s1. The van der Waals surface area contributed by atoms with E-state index in [2.05, 4.69) is 31.3 Å². The Hall–Kier alpha value is -2.09. The zero-order valence-electron chi connectivity index (χ0n) is 61.1. The Bertz CT molecular complexity index is 2190. The molecule has 5 aliphatic heterocycles. The summed E-state index contributed by atoms with van der Waals surface area (Å²) in [7, 11) is 0.